The van der Waals surface area contributed by atoms with Crippen LogP contribution in [0.1, 0.15) is 17.7 Å². The molecule has 4 heterocycles. The number of halogens is 4. The second-order valence-corrected chi connectivity index (χ2v) is 10.1. The molecule has 0 saturated carbocycles. The van der Waals surface area contributed by atoms with E-state index in [4.69, 9.17) is 4.74 Å². The van der Waals surface area contributed by atoms with Gasteiger partial charge in [-0.05, 0) is 12.5 Å². The minimum absolute atomic E-state index is 0.0337. The maximum absolute atomic E-state index is 14.7. The second-order valence-electron chi connectivity index (χ2n) is 8.13. The third-order valence-corrected chi connectivity index (χ3v) is 6.92. The van der Waals surface area contributed by atoms with E-state index in [1.54, 1.807) is 0 Å². The van der Waals surface area contributed by atoms with Crippen LogP contribution in [0, 0.1) is 11.3 Å². The van der Waals surface area contributed by atoms with Crippen molar-refractivity contribution >= 4 is 16.0 Å². The molecule has 0 bridgehead atoms. The van der Waals surface area contributed by atoms with Gasteiger partial charge in [0.2, 0.25) is 21.9 Å². The van der Waals surface area contributed by atoms with E-state index in [-0.39, 0.29) is 41.9 Å². The Balaban J connectivity index is 1.66. The van der Waals surface area contributed by atoms with Crippen molar-refractivity contribution in [3.05, 3.63) is 42.1 Å². The quantitative estimate of drug-likeness (QED) is 0.467. The van der Waals surface area contributed by atoms with Crippen LogP contribution in [0.15, 0.2) is 30.9 Å². The lowest BCUT2D eigenvalue weighted by Crippen LogP contribution is -2.49. The van der Waals surface area contributed by atoms with Crippen molar-refractivity contribution in [2.75, 3.05) is 31.8 Å². The number of sulfonamides is 1. The van der Waals surface area contributed by atoms with Crippen molar-refractivity contribution in [3.63, 3.8) is 0 Å². The number of nitrogens with zero attached hydrogens (tertiary/aromatic N) is 7. The number of nitriles is 1. The fourth-order valence-corrected chi connectivity index (χ4v) is 4.63. The van der Waals surface area contributed by atoms with E-state index >= 15 is 0 Å². The van der Waals surface area contributed by atoms with Gasteiger partial charge in [0.05, 0.1) is 25.1 Å². The van der Waals surface area contributed by atoms with Gasteiger partial charge < -0.3 is 14.6 Å². The number of pyridine rings is 1. The zero-order chi connectivity index (χ0) is 27.0. The molecule has 1 N–H and O–H groups in total. The summed E-state index contributed by atoms with van der Waals surface area (Å²) in [6.45, 7) is -0.364. The average molecular weight is 541 g/mol. The predicted octanol–water partition coefficient (Wildman–Crippen LogP) is 2.41. The van der Waals surface area contributed by atoms with Gasteiger partial charge in [0, 0.05) is 31.5 Å². The summed E-state index contributed by atoms with van der Waals surface area (Å²) in [5.74, 6) is -0.0955. The standard InChI is InChI=1S/C21H20F4N8O3S/c1-36-18-4-3-17(15(7-26)29-18)32-10-16(28-11-32)19-12(21(23,24)25)8-27-20(31-19)30-14-5-6-33(9-13(14)22)37(2,34)35/h3-4,8,10-11,13-14H,5-6,9H2,1-2H3,(H,27,30,31)/t13-,14+/m1/s1. The predicted molar refractivity (Wildman–Crippen MR) is 122 cm³/mol. The lowest BCUT2D eigenvalue weighted by atomic mass is 10.1. The van der Waals surface area contributed by atoms with Gasteiger partial charge in [-0.1, -0.05) is 0 Å². The molecule has 11 nitrogen and oxygen atoms in total. The number of hydrogen-bond donors (Lipinski definition) is 1. The molecule has 3 aromatic heterocycles. The van der Waals surface area contributed by atoms with Gasteiger partial charge >= 0.3 is 6.18 Å². The number of alkyl halides is 4. The SMILES string of the molecule is COc1ccc(-n2cnc(-c3nc(N[C@H]4CCN(S(C)(=O)=O)C[C@H]4F)ncc3C(F)(F)F)c2)c(C#N)n1. The molecule has 0 aromatic carbocycles. The third-order valence-electron chi connectivity index (χ3n) is 5.65. The second kappa shape index (κ2) is 9.90. The molecular formula is C21H20F4N8O3S. The molecule has 0 unspecified atom stereocenters. The molecule has 0 radical (unpaired) electrons. The number of aromatic nitrogens is 5. The third kappa shape index (κ3) is 5.62. The van der Waals surface area contributed by atoms with Crippen LogP contribution < -0.4 is 10.1 Å². The summed E-state index contributed by atoms with van der Waals surface area (Å²) < 4.78 is 86.6. The first-order valence-electron chi connectivity index (χ1n) is 10.7. The van der Waals surface area contributed by atoms with Gasteiger partial charge in [-0.15, -0.1) is 0 Å². The van der Waals surface area contributed by atoms with Crippen molar-refractivity contribution in [2.24, 2.45) is 0 Å². The molecule has 196 valence electrons. The lowest BCUT2D eigenvalue weighted by molar-refractivity contribution is -0.137. The average Bonchev–Trinajstić information content (AvgIpc) is 3.33. The van der Waals surface area contributed by atoms with E-state index in [0.717, 1.165) is 10.6 Å². The van der Waals surface area contributed by atoms with Crippen molar-refractivity contribution < 1.29 is 30.7 Å². The molecule has 2 atom stereocenters. The highest BCUT2D eigenvalue weighted by molar-refractivity contribution is 7.88. The molecule has 16 heteroatoms. The summed E-state index contributed by atoms with van der Waals surface area (Å²) in [4.78, 5) is 15.7. The summed E-state index contributed by atoms with van der Waals surface area (Å²) >= 11 is 0. The zero-order valence-corrected chi connectivity index (χ0v) is 20.3. The van der Waals surface area contributed by atoms with Crippen molar-refractivity contribution in [3.8, 4) is 29.0 Å². The Morgan fingerprint density at radius 2 is 2.00 bits per heavy atom. The zero-order valence-electron chi connectivity index (χ0n) is 19.4. The van der Waals surface area contributed by atoms with E-state index in [1.807, 2.05) is 6.07 Å². The molecule has 3 aromatic rings. The highest BCUT2D eigenvalue weighted by Crippen LogP contribution is 2.36. The van der Waals surface area contributed by atoms with Crippen molar-refractivity contribution in [1.82, 2.24) is 28.8 Å². The first-order chi connectivity index (χ1) is 17.4. The van der Waals surface area contributed by atoms with Crippen LogP contribution in [0.5, 0.6) is 5.88 Å². The van der Waals surface area contributed by atoms with Crippen LogP contribution in [-0.2, 0) is 16.2 Å². The fraction of sp³-hybridized carbons (Fsp3) is 0.381. The van der Waals surface area contributed by atoms with Crippen LogP contribution in [0.4, 0.5) is 23.5 Å². The first-order valence-corrected chi connectivity index (χ1v) is 12.6. The van der Waals surface area contributed by atoms with Crippen molar-refractivity contribution in [1.29, 1.82) is 5.26 Å². The maximum atomic E-state index is 14.7. The van der Waals surface area contributed by atoms with Gasteiger partial charge in [0.15, 0.2) is 5.69 Å². The van der Waals surface area contributed by atoms with Gasteiger partial charge in [-0.25, -0.2) is 32.7 Å². The first kappa shape index (κ1) is 26.2. The minimum atomic E-state index is -4.82. The van der Waals surface area contributed by atoms with Crippen LogP contribution >= 0.6 is 0 Å². The Morgan fingerprint density at radius 1 is 1.24 bits per heavy atom. The van der Waals surface area contributed by atoms with Gasteiger partial charge in [-0.3, -0.25) is 0 Å². The fourth-order valence-electron chi connectivity index (χ4n) is 3.78. The Morgan fingerprint density at radius 3 is 2.62 bits per heavy atom. The number of imidazole rings is 1. The molecule has 0 spiro atoms. The van der Waals surface area contributed by atoms with E-state index in [9.17, 15) is 31.2 Å². The topological polar surface area (TPSA) is 139 Å². The van der Waals surface area contributed by atoms with Gasteiger partial charge in [0.25, 0.3) is 0 Å². The largest absolute Gasteiger partial charge is 0.481 e. The lowest BCUT2D eigenvalue weighted by Gasteiger charge is -2.33. The van der Waals surface area contributed by atoms with Crippen LogP contribution in [-0.4, -0.2) is 75.9 Å². The highest BCUT2D eigenvalue weighted by Gasteiger charge is 2.37. The summed E-state index contributed by atoms with van der Waals surface area (Å²) in [7, 11) is -2.21. The molecule has 0 aliphatic carbocycles. The number of piperidine rings is 1. The van der Waals surface area contributed by atoms with E-state index in [1.165, 1.54) is 36.3 Å². The number of nitrogens with one attached hydrogen (secondary N) is 1. The number of anilines is 1. The van der Waals surface area contributed by atoms with Crippen LogP contribution in [0.2, 0.25) is 0 Å². The number of ether oxygens (including phenoxy) is 1. The van der Waals surface area contributed by atoms with Crippen molar-refractivity contribution in [2.45, 2.75) is 24.8 Å². The summed E-state index contributed by atoms with van der Waals surface area (Å²) in [6, 6.07) is 3.96. The number of rotatable bonds is 6. The molecule has 1 fully saturated rings. The van der Waals surface area contributed by atoms with E-state index < -0.39 is 46.2 Å². The summed E-state index contributed by atoms with van der Waals surface area (Å²) in [6.07, 6.45) is -2.41. The Kier molecular flexibility index (Phi) is 7.02. The molecule has 0 amide bonds. The molecular weight excluding hydrogens is 520 g/mol. The summed E-state index contributed by atoms with van der Waals surface area (Å²) in [5.41, 5.74) is -1.70. The molecule has 1 aliphatic rings. The van der Waals surface area contributed by atoms with Crippen LogP contribution in [0.3, 0.4) is 0 Å². The molecule has 1 saturated heterocycles. The van der Waals surface area contributed by atoms with Gasteiger partial charge in [-0.2, -0.15) is 22.7 Å². The number of hydrogen-bond acceptors (Lipinski definition) is 9. The van der Waals surface area contributed by atoms with Gasteiger partial charge in [0.1, 0.15) is 35.5 Å². The molecule has 37 heavy (non-hydrogen) atoms. The van der Waals surface area contributed by atoms with E-state index in [2.05, 4.69) is 25.3 Å². The highest BCUT2D eigenvalue weighted by atomic mass is 32.2. The Bertz CT molecular complexity index is 1450. The smallest absolute Gasteiger partial charge is 0.420 e. The van der Waals surface area contributed by atoms with E-state index in [0.29, 0.717) is 6.20 Å². The number of methoxy groups -OCH3 is 1. The summed E-state index contributed by atoms with van der Waals surface area (Å²) in [5, 5.41) is 12.1. The Labute approximate surface area is 208 Å². The molecule has 1 aliphatic heterocycles. The molecule has 4 rings (SSSR count). The Hall–Kier alpha value is -3.84. The normalized spacial score (nSPS) is 18.8. The van der Waals surface area contributed by atoms with Crippen LogP contribution in [0.25, 0.3) is 17.1 Å². The maximum Gasteiger partial charge on any atom is 0.420 e. The monoisotopic (exact) mass is 540 g/mol. The minimum Gasteiger partial charge on any atom is -0.481 e.